The molecule has 0 aromatic heterocycles. The van der Waals surface area contributed by atoms with E-state index in [0.717, 1.165) is 25.4 Å². The maximum atomic E-state index is 10.9. The molecule has 1 rings (SSSR count). The molecule has 0 spiro atoms. The predicted octanol–water partition coefficient (Wildman–Crippen LogP) is 1.93. The third kappa shape index (κ3) is 2.42. The molecule has 12 heavy (non-hydrogen) atoms. The molecule has 0 N–H and O–H groups in total. The third-order valence-electron chi connectivity index (χ3n) is 2.27. The van der Waals surface area contributed by atoms with Crippen LogP contribution < -0.4 is 0 Å². The molecule has 70 valence electrons. The van der Waals surface area contributed by atoms with Gasteiger partial charge in [0.25, 0.3) is 0 Å². The Morgan fingerprint density at radius 3 is 2.50 bits per heavy atom. The fourth-order valence-corrected chi connectivity index (χ4v) is 4.43. The smallest absolute Gasteiger partial charge is 0.128 e. The highest BCUT2D eigenvalue weighted by Gasteiger charge is 2.38. The topological polar surface area (TPSA) is 26.3 Å². The Hall–Kier alpha value is -0.153. The molecule has 0 aromatic rings. The second-order valence-electron chi connectivity index (χ2n) is 5.02. The van der Waals surface area contributed by atoms with Crippen molar-refractivity contribution in [3.63, 3.8) is 0 Å². The highest BCUT2D eigenvalue weighted by atomic mass is 28.3. The molecule has 1 unspecified atom stereocenters. The Balaban J connectivity index is 2.62. The third-order valence-corrected chi connectivity index (χ3v) is 4.03. The number of rotatable bonds is 3. The summed E-state index contributed by atoms with van der Waals surface area (Å²) in [6, 6.07) is 1.07. The molecule has 1 aliphatic rings. The Bertz CT molecular complexity index is 166. The summed E-state index contributed by atoms with van der Waals surface area (Å²) in [5.41, 5.74) is -0.121. The van der Waals surface area contributed by atoms with Gasteiger partial charge in [-0.15, -0.1) is 0 Å². The zero-order chi connectivity index (χ0) is 9.24. The first kappa shape index (κ1) is 9.93. The number of hydrogen-bond acceptors (Lipinski definition) is 2. The van der Waals surface area contributed by atoms with Crippen molar-refractivity contribution >= 4 is 14.4 Å². The van der Waals surface area contributed by atoms with E-state index in [4.69, 9.17) is 4.74 Å². The van der Waals surface area contributed by atoms with Gasteiger partial charge < -0.3 is 9.53 Å². The fourth-order valence-electron chi connectivity index (χ4n) is 1.95. The van der Waals surface area contributed by atoms with E-state index in [1.54, 1.807) is 0 Å². The van der Waals surface area contributed by atoms with Gasteiger partial charge in [0, 0.05) is 20.1 Å². The molecule has 0 saturated carbocycles. The van der Waals surface area contributed by atoms with Gasteiger partial charge in [0.05, 0.1) is 6.61 Å². The van der Waals surface area contributed by atoms with Crippen molar-refractivity contribution in [1.29, 1.82) is 0 Å². The quantitative estimate of drug-likeness (QED) is 0.497. The first-order valence-electron chi connectivity index (χ1n) is 4.52. The summed E-state index contributed by atoms with van der Waals surface area (Å²) in [5, 5.41) is 0. The normalized spacial score (nSPS) is 30.6. The first-order chi connectivity index (χ1) is 5.47. The molecule has 0 aliphatic carbocycles. The second-order valence-corrected chi connectivity index (χ2v) is 10.5. The van der Waals surface area contributed by atoms with Gasteiger partial charge in [-0.1, -0.05) is 19.6 Å². The number of ether oxygens (including phenoxy) is 1. The summed E-state index contributed by atoms with van der Waals surface area (Å²) in [4.78, 5) is 10.9. The van der Waals surface area contributed by atoms with Crippen molar-refractivity contribution in [1.82, 2.24) is 0 Å². The van der Waals surface area contributed by atoms with Crippen LogP contribution >= 0.6 is 0 Å². The standard InChI is InChI=1S/C9H18O2Si/c1-12(2,3)8-9(6-10)4-5-11-7-9/h6H,4-5,7-8H2,1-3H3. The van der Waals surface area contributed by atoms with Crippen LogP contribution in [-0.2, 0) is 9.53 Å². The minimum absolute atomic E-state index is 0.121. The summed E-state index contributed by atoms with van der Waals surface area (Å²) in [7, 11) is -1.13. The van der Waals surface area contributed by atoms with Gasteiger partial charge >= 0.3 is 0 Å². The summed E-state index contributed by atoms with van der Waals surface area (Å²) >= 11 is 0. The van der Waals surface area contributed by atoms with Gasteiger partial charge in [-0.05, 0) is 12.5 Å². The maximum Gasteiger partial charge on any atom is 0.128 e. The van der Waals surface area contributed by atoms with E-state index in [2.05, 4.69) is 19.6 Å². The molecule has 1 saturated heterocycles. The molecule has 1 aliphatic heterocycles. The molecule has 0 radical (unpaired) electrons. The number of aldehydes is 1. The lowest BCUT2D eigenvalue weighted by molar-refractivity contribution is -0.115. The predicted molar refractivity (Wildman–Crippen MR) is 52.1 cm³/mol. The average molecular weight is 186 g/mol. The summed E-state index contributed by atoms with van der Waals surface area (Å²) in [6.07, 6.45) is 2.05. The zero-order valence-corrected chi connectivity index (χ0v) is 9.22. The number of carbonyl (C=O) groups is 1. The van der Waals surface area contributed by atoms with E-state index in [1.165, 1.54) is 0 Å². The molecule has 0 amide bonds. The van der Waals surface area contributed by atoms with Crippen LogP contribution in [0.1, 0.15) is 6.42 Å². The van der Waals surface area contributed by atoms with Gasteiger partial charge in [0.15, 0.2) is 0 Å². The van der Waals surface area contributed by atoms with E-state index >= 15 is 0 Å². The highest BCUT2D eigenvalue weighted by molar-refractivity contribution is 6.76. The summed E-state index contributed by atoms with van der Waals surface area (Å²) in [5.74, 6) is 0. The van der Waals surface area contributed by atoms with Crippen LogP contribution in [0.5, 0.6) is 0 Å². The van der Waals surface area contributed by atoms with Crippen molar-refractivity contribution in [3.05, 3.63) is 0 Å². The molecule has 0 bridgehead atoms. The summed E-state index contributed by atoms with van der Waals surface area (Å²) < 4.78 is 5.29. The van der Waals surface area contributed by atoms with Crippen LogP contribution in [0.25, 0.3) is 0 Å². The molecule has 3 heteroatoms. The SMILES string of the molecule is C[Si](C)(C)CC1(C=O)CCOC1. The molecule has 1 fully saturated rings. The fraction of sp³-hybridized carbons (Fsp3) is 0.889. The molecule has 0 aromatic carbocycles. The Morgan fingerprint density at radius 1 is 1.50 bits per heavy atom. The lowest BCUT2D eigenvalue weighted by Gasteiger charge is -2.27. The largest absolute Gasteiger partial charge is 0.380 e. The van der Waals surface area contributed by atoms with Crippen molar-refractivity contribution in [2.24, 2.45) is 5.41 Å². The molecular formula is C9H18O2Si. The van der Waals surface area contributed by atoms with Crippen LogP contribution in [0.3, 0.4) is 0 Å². The molecule has 1 atom stereocenters. The second kappa shape index (κ2) is 3.30. The van der Waals surface area contributed by atoms with E-state index in [9.17, 15) is 4.79 Å². The van der Waals surface area contributed by atoms with Gasteiger partial charge in [0.1, 0.15) is 6.29 Å². The van der Waals surface area contributed by atoms with Crippen LogP contribution in [0.4, 0.5) is 0 Å². The van der Waals surface area contributed by atoms with Gasteiger partial charge in [0.2, 0.25) is 0 Å². The Kier molecular flexibility index (Phi) is 2.73. The minimum Gasteiger partial charge on any atom is -0.380 e. The van der Waals surface area contributed by atoms with Crippen molar-refractivity contribution < 1.29 is 9.53 Å². The van der Waals surface area contributed by atoms with E-state index in [0.29, 0.717) is 6.61 Å². The van der Waals surface area contributed by atoms with Crippen molar-refractivity contribution in [2.75, 3.05) is 13.2 Å². The lowest BCUT2D eigenvalue weighted by Crippen LogP contribution is -2.34. The van der Waals surface area contributed by atoms with Gasteiger partial charge in [-0.3, -0.25) is 0 Å². The van der Waals surface area contributed by atoms with Crippen molar-refractivity contribution in [2.45, 2.75) is 32.1 Å². The number of carbonyl (C=O) groups excluding carboxylic acids is 1. The Morgan fingerprint density at radius 2 is 2.17 bits per heavy atom. The molecule has 2 nitrogen and oxygen atoms in total. The van der Waals surface area contributed by atoms with Crippen molar-refractivity contribution in [3.8, 4) is 0 Å². The van der Waals surface area contributed by atoms with Crippen LogP contribution in [0.2, 0.25) is 25.7 Å². The van der Waals surface area contributed by atoms with E-state index in [1.807, 2.05) is 0 Å². The lowest BCUT2D eigenvalue weighted by atomic mass is 9.92. The van der Waals surface area contributed by atoms with Crippen LogP contribution in [-0.4, -0.2) is 27.6 Å². The monoisotopic (exact) mass is 186 g/mol. The Labute approximate surface area is 75.3 Å². The number of hydrogen-bond donors (Lipinski definition) is 0. The van der Waals surface area contributed by atoms with E-state index < -0.39 is 8.07 Å². The van der Waals surface area contributed by atoms with Gasteiger partial charge in [-0.25, -0.2) is 0 Å². The average Bonchev–Trinajstić information content (AvgIpc) is 2.34. The minimum atomic E-state index is -1.13. The molecular weight excluding hydrogens is 168 g/mol. The van der Waals surface area contributed by atoms with Gasteiger partial charge in [-0.2, -0.15) is 0 Å². The molecule has 1 heterocycles. The summed E-state index contributed by atoms with van der Waals surface area (Å²) in [6.45, 7) is 8.33. The van der Waals surface area contributed by atoms with Crippen LogP contribution in [0.15, 0.2) is 0 Å². The van der Waals surface area contributed by atoms with Crippen LogP contribution in [0, 0.1) is 5.41 Å². The highest BCUT2D eigenvalue weighted by Crippen LogP contribution is 2.35. The zero-order valence-electron chi connectivity index (χ0n) is 8.22. The van der Waals surface area contributed by atoms with E-state index in [-0.39, 0.29) is 5.41 Å². The first-order valence-corrected chi connectivity index (χ1v) is 8.22. The maximum absolute atomic E-state index is 10.9.